The molecule has 0 radical (unpaired) electrons. The van der Waals surface area contributed by atoms with Crippen LogP contribution >= 0.6 is 12.6 Å². The number of carboxylic acids is 1. The maximum atomic E-state index is 13.7. The number of likely N-dealkylation sites (tertiary alicyclic amines) is 1. The van der Waals surface area contributed by atoms with E-state index in [2.05, 4.69) is 19.6 Å². The van der Waals surface area contributed by atoms with Crippen molar-refractivity contribution in [2.24, 2.45) is 10.7 Å². The molecule has 9 heteroatoms. The molecule has 2 aromatic rings. The predicted molar refractivity (Wildman–Crippen MR) is 147 cm³/mol. The Morgan fingerprint density at radius 3 is 2.43 bits per heavy atom. The van der Waals surface area contributed by atoms with Gasteiger partial charge in [0.05, 0.1) is 18.2 Å². The van der Waals surface area contributed by atoms with E-state index in [-0.39, 0.29) is 23.1 Å². The van der Waals surface area contributed by atoms with Crippen LogP contribution in [0.3, 0.4) is 0 Å². The number of thiol groups is 1. The molecule has 0 unspecified atom stereocenters. The lowest BCUT2D eigenvalue weighted by Crippen LogP contribution is -2.54. The monoisotopic (exact) mass is 522 g/mol. The summed E-state index contributed by atoms with van der Waals surface area (Å²) in [6.07, 6.45) is 3.61. The quantitative estimate of drug-likeness (QED) is 0.435. The lowest BCUT2D eigenvalue weighted by atomic mass is 9.87. The first-order valence-electron chi connectivity index (χ1n) is 12.8. The Bertz CT molecular complexity index is 1190. The number of carboxylic acid groups (broad SMARTS) is 1. The zero-order valence-electron chi connectivity index (χ0n) is 21.1. The highest BCUT2D eigenvalue weighted by atomic mass is 32.1. The Labute approximate surface area is 223 Å². The van der Waals surface area contributed by atoms with Crippen molar-refractivity contribution in [2.75, 3.05) is 18.8 Å². The molecular formula is C28H34N4O4S. The number of amides is 2. The van der Waals surface area contributed by atoms with Crippen molar-refractivity contribution in [3.8, 4) is 11.1 Å². The highest BCUT2D eigenvalue weighted by Gasteiger charge is 2.50. The highest BCUT2D eigenvalue weighted by molar-refractivity contribution is 7.80. The van der Waals surface area contributed by atoms with E-state index >= 15 is 0 Å². The first-order valence-corrected chi connectivity index (χ1v) is 13.4. The van der Waals surface area contributed by atoms with Gasteiger partial charge in [0.15, 0.2) is 0 Å². The molecule has 0 aliphatic carbocycles. The van der Waals surface area contributed by atoms with E-state index in [1.807, 2.05) is 30.3 Å². The van der Waals surface area contributed by atoms with Gasteiger partial charge in [-0.25, -0.2) is 4.79 Å². The van der Waals surface area contributed by atoms with E-state index in [4.69, 9.17) is 10.7 Å². The number of nitrogens with two attached hydrogens (primary N) is 1. The Morgan fingerprint density at radius 1 is 1.14 bits per heavy atom. The molecule has 4 rings (SSSR count). The number of nitrogens with zero attached hydrogens (tertiary/aromatic N) is 3. The van der Waals surface area contributed by atoms with Crippen molar-refractivity contribution in [1.29, 1.82) is 0 Å². The van der Waals surface area contributed by atoms with Crippen LogP contribution in [0.15, 0.2) is 53.5 Å². The molecule has 0 aromatic heterocycles. The third kappa shape index (κ3) is 5.57. The second kappa shape index (κ2) is 11.5. The van der Waals surface area contributed by atoms with Crippen molar-refractivity contribution >= 4 is 36.2 Å². The summed E-state index contributed by atoms with van der Waals surface area (Å²) in [5.74, 6) is -0.0205. The molecule has 2 heterocycles. The van der Waals surface area contributed by atoms with Crippen LogP contribution in [-0.2, 0) is 16.1 Å². The lowest BCUT2D eigenvalue weighted by molar-refractivity contribution is -0.139. The summed E-state index contributed by atoms with van der Waals surface area (Å²) in [6.45, 7) is 3.40. The van der Waals surface area contributed by atoms with Crippen LogP contribution in [0.5, 0.6) is 0 Å². The van der Waals surface area contributed by atoms with Crippen molar-refractivity contribution < 1.29 is 19.5 Å². The Morgan fingerprint density at radius 2 is 1.81 bits per heavy atom. The number of piperidine rings is 1. The fraction of sp³-hybridized carbons (Fsp3) is 0.429. The summed E-state index contributed by atoms with van der Waals surface area (Å²) >= 11 is 4.13. The maximum absolute atomic E-state index is 13.7. The van der Waals surface area contributed by atoms with Gasteiger partial charge in [0.2, 0.25) is 5.91 Å². The van der Waals surface area contributed by atoms with Crippen LogP contribution in [0.1, 0.15) is 54.9 Å². The number of rotatable bonds is 9. The number of carbonyl (C=O) groups is 3. The molecule has 196 valence electrons. The fourth-order valence-electron chi connectivity index (χ4n) is 5.04. The smallest absolute Gasteiger partial charge is 0.336 e. The zero-order valence-corrected chi connectivity index (χ0v) is 22.0. The molecule has 0 bridgehead atoms. The van der Waals surface area contributed by atoms with Gasteiger partial charge in [-0.15, -0.1) is 0 Å². The number of aromatic carboxylic acids is 1. The second-order valence-electron chi connectivity index (χ2n) is 9.72. The van der Waals surface area contributed by atoms with E-state index < -0.39 is 17.6 Å². The number of unbranched alkanes of at least 4 members (excludes halogenated alkanes) is 1. The molecule has 1 atom stereocenters. The van der Waals surface area contributed by atoms with E-state index in [0.29, 0.717) is 38.0 Å². The second-order valence-corrected chi connectivity index (χ2v) is 10.1. The predicted octanol–water partition coefficient (Wildman–Crippen LogP) is 3.60. The molecule has 2 amide bonds. The molecule has 2 aliphatic heterocycles. The average Bonchev–Trinajstić information content (AvgIpc) is 3.17. The standard InChI is InChI=1S/C28H34N4O4S/c1-2-3-8-24-30-28(13-15-31(16-14-28)25(33)23(29)18-37)27(36)32(24)17-19-9-11-20(12-10-19)21-6-4-5-7-22(21)26(34)35/h4-7,9-12,23,37H,2-3,8,13-18,29H2,1H3,(H,34,35)/t23-/m0/s1. The van der Waals surface area contributed by atoms with Crippen LogP contribution in [0.25, 0.3) is 11.1 Å². The first-order chi connectivity index (χ1) is 17.8. The van der Waals surface area contributed by atoms with Gasteiger partial charge >= 0.3 is 5.97 Å². The van der Waals surface area contributed by atoms with Crippen LogP contribution in [0.2, 0.25) is 0 Å². The largest absolute Gasteiger partial charge is 0.478 e. The van der Waals surface area contributed by atoms with Gasteiger partial charge in [-0.3, -0.25) is 19.5 Å². The minimum Gasteiger partial charge on any atom is -0.478 e. The van der Waals surface area contributed by atoms with Gasteiger partial charge in [-0.2, -0.15) is 12.6 Å². The minimum absolute atomic E-state index is 0.00973. The van der Waals surface area contributed by atoms with Gasteiger partial charge < -0.3 is 15.7 Å². The molecule has 1 spiro atoms. The third-order valence-electron chi connectivity index (χ3n) is 7.23. The number of carbonyl (C=O) groups excluding carboxylic acids is 2. The highest BCUT2D eigenvalue weighted by Crippen LogP contribution is 2.36. The lowest BCUT2D eigenvalue weighted by Gasteiger charge is -2.37. The number of amidine groups is 1. The summed E-state index contributed by atoms with van der Waals surface area (Å²) < 4.78 is 0. The SMILES string of the molecule is CCCCC1=NC2(CCN(C(=O)[C@@H](N)CS)CC2)C(=O)N1Cc1ccc(-c2ccccc2C(=O)O)cc1. The van der Waals surface area contributed by atoms with E-state index in [0.717, 1.165) is 36.2 Å². The maximum Gasteiger partial charge on any atom is 0.336 e. The summed E-state index contributed by atoms with van der Waals surface area (Å²) in [5, 5.41) is 9.52. The van der Waals surface area contributed by atoms with Crippen LogP contribution in [-0.4, -0.2) is 68.9 Å². The van der Waals surface area contributed by atoms with Crippen LogP contribution in [0.4, 0.5) is 0 Å². The van der Waals surface area contributed by atoms with E-state index in [1.54, 1.807) is 28.0 Å². The fourth-order valence-corrected chi connectivity index (χ4v) is 5.20. The molecular weight excluding hydrogens is 488 g/mol. The summed E-state index contributed by atoms with van der Waals surface area (Å²) in [5.41, 5.74) is 7.70. The topological polar surface area (TPSA) is 116 Å². The van der Waals surface area contributed by atoms with Gasteiger partial charge in [0.1, 0.15) is 11.4 Å². The molecule has 37 heavy (non-hydrogen) atoms. The Kier molecular flexibility index (Phi) is 8.34. The summed E-state index contributed by atoms with van der Waals surface area (Å²) in [6, 6.07) is 13.9. The molecule has 8 nitrogen and oxygen atoms in total. The van der Waals surface area contributed by atoms with Crippen LogP contribution in [0, 0.1) is 0 Å². The van der Waals surface area contributed by atoms with E-state index in [1.165, 1.54) is 0 Å². The minimum atomic E-state index is -0.968. The van der Waals surface area contributed by atoms with Gasteiger partial charge in [-0.1, -0.05) is 55.8 Å². The van der Waals surface area contributed by atoms with Gasteiger partial charge in [-0.05, 0) is 42.0 Å². The molecule has 0 saturated carbocycles. The van der Waals surface area contributed by atoms with Crippen LogP contribution < -0.4 is 5.73 Å². The van der Waals surface area contributed by atoms with Crippen molar-refractivity contribution in [2.45, 2.75) is 57.2 Å². The number of aliphatic imine (C=N–C) groups is 1. The number of hydrogen-bond donors (Lipinski definition) is 3. The summed E-state index contributed by atoms with van der Waals surface area (Å²) in [7, 11) is 0. The first kappa shape index (κ1) is 26.9. The molecule has 2 aliphatic rings. The molecule has 1 saturated heterocycles. The molecule has 2 aromatic carbocycles. The number of benzene rings is 2. The zero-order chi connectivity index (χ0) is 26.6. The summed E-state index contributed by atoms with van der Waals surface area (Å²) in [4.78, 5) is 46.3. The van der Waals surface area contributed by atoms with Gasteiger partial charge in [0.25, 0.3) is 5.91 Å². The Hall–Kier alpha value is -3.17. The molecule has 1 fully saturated rings. The van der Waals surface area contributed by atoms with Crippen molar-refractivity contribution in [3.63, 3.8) is 0 Å². The molecule has 3 N–H and O–H groups in total. The van der Waals surface area contributed by atoms with Crippen molar-refractivity contribution in [1.82, 2.24) is 9.80 Å². The van der Waals surface area contributed by atoms with E-state index in [9.17, 15) is 19.5 Å². The normalized spacial score (nSPS) is 17.7. The number of hydrogen-bond acceptors (Lipinski definition) is 6. The van der Waals surface area contributed by atoms with Gasteiger partial charge in [0, 0.05) is 25.3 Å². The third-order valence-corrected chi connectivity index (χ3v) is 7.62. The average molecular weight is 523 g/mol. The Balaban J connectivity index is 1.51. The van der Waals surface area contributed by atoms with Crippen molar-refractivity contribution in [3.05, 3.63) is 59.7 Å².